The molecule has 0 aliphatic rings. The third kappa shape index (κ3) is 2.58. The van der Waals surface area contributed by atoms with Gasteiger partial charge in [0, 0.05) is 13.6 Å². The first-order valence-corrected chi connectivity index (χ1v) is 5.87. The molecule has 0 aliphatic heterocycles. The first-order chi connectivity index (χ1) is 8.76. The van der Waals surface area contributed by atoms with Crippen LogP contribution in [0.25, 0.3) is 10.8 Å². The van der Waals surface area contributed by atoms with E-state index in [1.807, 2.05) is 42.5 Å². The Balaban J connectivity index is 2.41. The van der Waals surface area contributed by atoms with E-state index in [1.165, 1.54) is 0 Å². The van der Waals surface area contributed by atoms with Crippen LogP contribution in [0.3, 0.4) is 0 Å². The summed E-state index contributed by atoms with van der Waals surface area (Å²) in [4.78, 5) is 16.3. The molecule has 2 aromatic rings. The molecule has 2 aromatic carbocycles. The van der Waals surface area contributed by atoms with Crippen molar-refractivity contribution in [2.45, 2.75) is 5.92 Å². The number of likely N-dealkylation sites (N-methyl/N-ethyl adjacent to an activating group) is 1. The molecule has 0 saturated heterocycles. The maximum Gasteiger partial charge on any atom is 0.207 e. The topological polar surface area (TPSA) is 29.5 Å². The van der Waals surface area contributed by atoms with E-state index in [0.717, 1.165) is 16.3 Å². The van der Waals surface area contributed by atoms with Crippen LogP contribution in [0.2, 0.25) is 0 Å². The lowest BCUT2D eigenvalue weighted by Gasteiger charge is -2.19. The van der Waals surface area contributed by atoms with Gasteiger partial charge in [-0.1, -0.05) is 42.5 Å². The number of nitrogens with zero attached hydrogens (tertiary/aromatic N) is 1. The second kappa shape index (κ2) is 5.76. The Bertz CT molecular complexity index is 534. The van der Waals surface area contributed by atoms with Crippen molar-refractivity contribution < 1.29 is 9.63 Å². The van der Waals surface area contributed by atoms with Gasteiger partial charge in [0.25, 0.3) is 0 Å². The van der Waals surface area contributed by atoms with E-state index < -0.39 is 0 Å². The number of hydrogen-bond acceptors (Lipinski definition) is 3. The summed E-state index contributed by atoms with van der Waals surface area (Å²) in [6, 6.07) is 14.0. The Morgan fingerprint density at radius 3 is 2.67 bits per heavy atom. The highest BCUT2D eigenvalue weighted by Crippen LogP contribution is 2.25. The fourth-order valence-corrected chi connectivity index (χ4v) is 2.09. The van der Waals surface area contributed by atoms with Gasteiger partial charge in [-0.05, 0) is 16.3 Å². The second-order valence-electron chi connectivity index (χ2n) is 4.23. The van der Waals surface area contributed by atoms with Crippen molar-refractivity contribution in [2.75, 3.05) is 20.7 Å². The standard InChI is InChI=1S/C15H16NO2/c1-16(18-2)10-13(11-17)15-9-5-7-12-6-3-4-8-14(12)15/h3-9,13H,10H2,1-2H3. The molecule has 3 nitrogen and oxygen atoms in total. The smallest absolute Gasteiger partial charge is 0.207 e. The molecule has 3 heteroatoms. The van der Waals surface area contributed by atoms with Gasteiger partial charge in [0.05, 0.1) is 13.0 Å². The van der Waals surface area contributed by atoms with Gasteiger partial charge in [0.2, 0.25) is 6.29 Å². The molecular weight excluding hydrogens is 226 g/mol. The third-order valence-electron chi connectivity index (χ3n) is 3.09. The summed E-state index contributed by atoms with van der Waals surface area (Å²) in [6.07, 6.45) is 2.10. The van der Waals surface area contributed by atoms with Gasteiger partial charge in [-0.15, -0.1) is 0 Å². The maximum atomic E-state index is 11.2. The lowest BCUT2D eigenvalue weighted by Crippen LogP contribution is -2.24. The summed E-state index contributed by atoms with van der Waals surface area (Å²) >= 11 is 0. The van der Waals surface area contributed by atoms with E-state index in [1.54, 1.807) is 19.2 Å². The van der Waals surface area contributed by atoms with Gasteiger partial charge < -0.3 is 4.84 Å². The molecule has 0 N–H and O–H groups in total. The molecule has 18 heavy (non-hydrogen) atoms. The van der Waals surface area contributed by atoms with Crippen LogP contribution < -0.4 is 0 Å². The summed E-state index contributed by atoms with van der Waals surface area (Å²) in [5, 5.41) is 3.87. The average molecular weight is 242 g/mol. The van der Waals surface area contributed by atoms with Crippen molar-refractivity contribution >= 4 is 17.1 Å². The molecule has 0 aromatic heterocycles. The van der Waals surface area contributed by atoms with Crippen LogP contribution in [-0.4, -0.2) is 32.1 Å². The lowest BCUT2D eigenvalue weighted by molar-refractivity contribution is -0.109. The van der Waals surface area contributed by atoms with Crippen LogP contribution in [0.1, 0.15) is 11.5 Å². The number of benzene rings is 2. The van der Waals surface area contributed by atoms with E-state index in [4.69, 9.17) is 4.84 Å². The minimum absolute atomic E-state index is 0.305. The van der Waals surface area contributed by atoms with Crippen molar-refractivity contribution in [2.24, 2.45) is 0 Å². The number of carbonyl (C=O) groups excluding carboxylic acids is 1. The summed E-state index contributed by atoms with van der Waals surface area (Å²) < 4.78 is 0. The van der Waals surface area contributed by atoms with Gasteiger partial charge in [-0.2, -0.15) is 5.06 Å². The van der Waals surface area contributed by atoms with Crippen molar-refractivity contribution in [3.8, 4) is 0 Å². The molecule has 0 heterocycles. The molecule has 0 fully saturated rings. The Morgan fingerprint density at radius 1 is 1.22 bits per heavy atom. The highest BCUT2D eigenvalue weighted by Gasteiger charge is 2.16. The van der Waals surface area contributed by atoms with Crippen molar-refractivity contribution in [1.82, 2.24) is 5.06 Å². The van der Waals surface area contributed by atoms with Crippen LogP contribution >= 0.6 is 0 Å². The molecule has 93 valence electrons. The molecule has 1 atom stereocenters. The zero-order valence-electron chi connectivity index (χ0n) is 10.6. The van der Waals surface area contributed by atoms with Crippen LogP contribution in [0.15, 0.2) is 42.5 Å². The van der Waals surface area contributed by atoms with E-state index >= 15 is 0 Å². The van der Waals surface area contributed by atoms with Crippen molar-refractivity contribution in [3.63, 3.8) is 0 Å². The normalized spacial score (nSPS) is 12.8. The molecule has 1 radical (unpaired) electrons. The Kier molecular flexibility index (Phi) is 4.07. The van der Waals surface area contributed by atoms with E-state index in [-0.39, 0.29) is 5.92 Å². The lowest BCUT2D eigenvalue weighted by atomic mass is 9.94. The van der Waals surface area contributed by atoms with Gasteiger partial charge in [0.1, 0.15) is 0 Å². The predicted molar refractivity (Wildman–Crippen MR) is 72.0 cm³/mol. The van der Waals surface area contributed by atoms with Gasteiger partial charge in [-0.25, -0.2) is 0 Å². The summed E-state index contributed by atoms with van der Waals surface area (Å²) in [5.74, 6) is -0.305. The van der Waals surface area contributed by atoms with Crippen LogP contribution in [0.5, 0.6) is 0 Å². The van der Waals surface area contributed by atoms with E-state index in [0.29, 0.717) is 6.54 Å². The van der Waals surface area contributed by atoms with Crippen LogP contribution in [-0.2, 0) is 9.63 Å². The Labute approximate surface area is 107 Å². The van der Waals surface area contributed by atoms with E-state index in [2.05, 4.69) is 6.29 Å². The maximum absolute atomic E-state index is 11.2. The Hall–Kier alpha value is -1.71. The molecule has 0 bridgehead atoms. The molecule has 2 rings (SSSR count). The summed E-state index contributed by atoms with van der Waals surface area (Å²) in [6.45, 7) is 0.494. The zero-order chi connectivity index (χ0) is 13.0. The summed E-state index contributed by atoms with van der Waals surface area (Å²) in [5.41, 5.74) is 0.993. The SMILES string of the molecule is CON(C)CC([C]=O)c1cccc2ccccc12. The largest absolute Gasteiger partial charge is 0.303 e. The fourth-order valence-electron chi connectivity index (χ4n) is 2.09. The van der Waals surface area contributed by atoms with E-state index in [9.17, 15) is 4.79 Å². The minimum Gasteiger partial charge on any atom is -0.303 e. The number of rotatable bonds is 5. The van der Waals surface area contributed by atoms with Crippen molar-refractivity contribution in [1.29, 1.82) is 0 Å². The second-order valence-corrected chi connectivity index (χ2v) is 4.23. The summed E-state index contributed by atoms with van der Waals surface area (Å²) in [7, 11) is 3.39. The van der Waals surface area contributed by atoms with Crippen molar-refractivity contribution in [3.05, 3.63) is 48.0 Å². The molecule has 0 amide bonds. The highest BCUT2D eigenvalue weighted by molar-refractivity contribution is 5.88. The number of hydrogen-bond donors (Lipinski definition) is 0. The van der Waals surface area contributed by atoms with Gasteiger partial charge in [-0.3, -0.25) is 4.79 Å². The first-order valence-electron chi connectivity index (χ1n) is 5.87. The quantitative estimate of drug-likeness (QED) is 0.755. The predicted octanol–water partition coefficient (Wildman–Crippen LogP) is 2.53. The third-order valence-corrected chi connectivity index (χ3v) is 3.09. The monoisotopic (exact) mass is 242 g/mol. The molecule has 1 unspecified atom stereocenters. The molecular formula is C15H16NO2. The first kappa shape index (κ1) is 12.7. The molecule has 0 spiro atoms. The van der Waals surface area contributed by atoms with Gasteiger partial charge in [0.15, 0.2) is 0 Å². The van der Waals surface area contributed by atoms with Crippen LogP contribution in [0, 0.1) is 0 Å². The molecule has 0 aliphatic carbocycles. The van der Waals surface area contributed by atoms with Crippen LogP contribution in [0.4, 0.5) is 0 Å². The highest BCUT2D eigenvalue weighted by atomic mass is 16.7. The number of hydroxylamine groups is 2. The average Bonchev–Trinajstić information content (AvgIpc) is 2.44. The number of fused-ring (bicyclic) bond motifs is 1. The Morgan fingerprint density at radius 2 is 1.94 bits per heavy atom. The van der Waals surface area contributed by atoms with Gasteiger partial charge >= 0.3 is 0 Å². The minimum atomic E-state index is -0.305. The zero-order valence-corrected chi connectivity index (χ0v) is 10.6. The fraction of sp³-hybridized carbons (Fsp3) is 0.267. The molecule has 0 saturated carbocycles.